The van der Waals surface area contributed by atoms with Gasteiger partial charge in [-0.2, -0.15) is 0 Å². The Labute approximate surface area is 165 Å². The Balaban J connectivity index is 0.00000243. The lowest BCUT2D eigenvalue weighted by Gasteiger charge is -2.17. The summed E-state index contributed by atoms with van der Waals surface area (Å²) < 4.78 is 5.23. The Bertz CT molecular complexity index is 714. The number of likely N-dealkylation sites (tertiary alicyclic amines) is 1. The van der Waals surface area contributed by atoms with Crippen LogP contribution in [0.15, 0.2) is 59.5 Å². The molecule has 6 heteroatoms. The Morgan fingerprint density at radius 3 is 2.65 bits per heavy atom. The van der Waals surface area contributed by atoms with Gasteiger partial charge in [-0.15, -0.1) is 24.2 Å². The van der Waals surface area contributed by atoms with Gasteiger partial charge in [0, 0.05) is 23.9 Å². The van der Waals surface area contributed by atoms with Gasteiger partial charge in [0.05, 0.1) is 12.9 Å². The van der Waals surface area contributed by atoms with Gasteiger partial charge in [0.2, 0.25) is 5.91 Å². The number of carbonyl (C=O) groups excluding carboxylic acids is 1. The molecule has 3 rings (SSSR count). The molecule has 0 saturated carbocycles. The first kappa shape index (κ1) is 20.6. The van der Waals surface area contributed by atoms with Crippen LogP contribution in [0.25, 0.3) is 0 Å². The molecule has 0 aromatic heterocycles. The standard InChI is InChI=1S/C20H24N2O2S.ClH/c1-24-17-8-5-9-18(10-17)25-14-20(23)22-12-16(11-21)19(13-22)15-6-3-2-4-7-15;/h2-10,16,19H,11-14,21H2,1H3;1H/t16-,19+;/m1./s1. The van der Waals surface area contributed by atoms with E-state index in [1.54, 1.807) is 18.9 Å². The van der Waals surface area contributed by atoms with Crippen LogP contribution in [0.2, 0.25) is 0 Å². The van der Waals surface area contributed by atoms with Crippen molar-refractivity contribution >= 4 is 30.1 Å². The maximum atomic E-state index is 12.6. The number of nitrogens with two attached hydrogens (primary N) is 1. The largest absolute Gasteiger partial charge is 0.497 e. The van der Waals surface area contributed by atoms with Crippen LogP contribution in [0.4, 0.5) is 0 Å². The highest BCUT2D eigenvalue weighted by Gasteiger charge is 2.34. The van der Waals surface area contributed by atoms with Crippen LogP contribution in [0, 0.1) is 5.92 Å². The number of ether oxygens (including phenoxy) is 1. The maximum Gasteiger partial charge on any atom is 0.232 e. The summed E-state index contributed by atoms with van der Waals surface area (Å²) in [7, 11) is 1.65. The summed E-state index contributed by atoms with van der Waals surface area (Å²) in [4.78, 5) is 15.6. The first-order valence-electron chi connectivity index (χ1n) is 8.51. The fourth-order valence-corrected chi connectivity index (χ4v) is 4.17. The van der Waals surface area contributed by atoms with Gasteiger partial charge in [0.1, 0.15) is 5.75 Å². The van der Waals surface area contributed by atoms with Crippen LogP contribution < -0.4 is 10.5 Å². The van der Waals surface area contributed by atoms with Crippen LogP contribution in [0.5, 0.6) is 5.75 Å². The molecular weight excluding hydrogens is 368 g/mol. The number of hydrogen-bond acceptors (Lipinski definition) is 4. The first-order valence-corrected chi connectivity index (χ1v) is 9.49. The Morgan fingerprint density at radius 2 is 1.96 bits per heavy atom. The Morgan fingerprint density at radius 1 is 1.19 bits per heavy atom. The second kappa shape index (κ2) is 9.86. The van der Waals surface area contributed by atoms with Gasteiger partial charge in [-0.25, -0.2) is 0 Å². The van der Waals surface area contributed by atoms with E-state index >= 15 is 0 Å². The van der Waals surface area contributed by atoms with E-state index in [0.29, 0.717) is 24.1 Å². The number of halogens is 1. The average Bonchev–Trinajstić information content (AvgIpc) is 3.11. The molecule has 0 spiro atoms. The van der Waals surface area contributed by atoms with E-state index in [1.165, 1.54) is 5.56 Å². The topological polar surface area (TPSA) is 55.6 Å². The molecule has 2 atom stereocenters. The zero-order valence-corrected chi connectivity index (χ0v) is 16.5. The summed E-state index contributed by atoms with van der Waals surface area (Å²) in [5.74, 6) is 2.08. The second-order valence-corrected chi connectivity index (χ2v) is 7.33. The van der Waals surface area contributed by atoms with Crippen molar-refractivity contribution in [1.29, 1.82) is 0 Å². The van der Waals surface area contributed by atoms with Gasteiger partial charge >= 0.3 is 0 Å². The van der Waals surface area contributed by atoms with Gasteiger partial charge in [-0.3, -0.25) is 4.79 Å². The van der Waals surface area contributed by atoms with Crippen molar-refractivity contribution < 1.29 is 9.53 Å². The third-order valence-corrected chi connectivity index (χ3v) is 5.71. The molecule has 140 valence electrons. The monoisotopic (exact) mass is 392 g/mol. The third kappa shape index (κ3) is 4.93. The quantitative estimate of drug-likeness (QED) is 0.765. The van der Waals surface area contributed by atoms with Crippen LogP contribution in [0.3, 0.4) is 0 Å². The molecule has 4 nitrogen and oxygen atoms in total. The molecule has 1 aliphatic rings. The molecule has 0 unspecified atom stereocenters. The molecule has 1 fully saturated rings. The van der Waals surface area contributed by atoms with Crippen LogP contribution >= 0.6 is 24.2 Å². The van der Waals surface area contributed by atoms with Crippen molar-refractivity contribution in [2.45, 2.75) is 10.8 Å². The third-order valence-electron chi connectivity index (χ3n) is 4.73. The predicted octanol–water partition coefficient (Wildman–Crippen LogP) is 3.41. The highest BCUT2D eigenvalue weighted by Crippen LogP contribution is 2.33. The maximum absolute atomic E-state index is 12.6. The number of rotatable bonds is 6. The minimum atomic E-state index is 0. The highest BCUT2D eigenvalue weighted by atomic mass is 35.5. The van der Waals surface area contributed by atoms with E-state index in [1.807, 2.05) is 47.4 Å². The second-order valence-electron chi connectivity index (χ2n) is 6.28. The molecule has 1 amide bonds. The van der Waals surface area contributed by atoms with Gasteiger partial charge in [-0.05, 0) is 36.2 Å². The number of amides is 1. The van der Waals surface area contributed by atoms with Crippen molar-refractivity contribution in [2.24, 2.45) is 11.7 Å². The normalized spacial score (nSPS) is 19.1. The van der Waals surface area contributed by atoms with Crippen LogP contribution in [-0.4, -0.2) is 43.3 Å². The number of methoxy groups -OCH3 is 1. The minimum absolute atomic E-state index is 0. The summed E-state index contributed by atoms with van der Waals surface area (Å²) in [6.45, 7) is 2.10. The molecule has 0 aliphatic carbocycles. The SMILES string of the molecule is COc1cccc(SCC(=O)N2C[C@@H](CN)[C@H](c3ccccc3)C2)c1.Cl. The molecule has 1 saturated heterocycles. The number of benzene rings is 2. The number of nitrogens with zero attached hydrogens (tertiary/aromatic N) is 1. The van der Waals surface area contributed by atoms with E-state index in [2.05, 4.69) is 12.1 Å². The van der Waals surface area contributed by atoms with E-state index in [-0.39, 0.29) is 18.3 Å². The van der Waals surface area contributed by atoms with Gasteiger partial charge in [-0.1, -0.05) is 36.4 Å². The molecule has 2 N–H and O–H groups in total. The summed E-state index contributed by atoms with van der Waals surface area (Å²) in [6, 6.07) is 18.2. The van der Waals surface area contributed by atoms with E-state index in [4.69, 9.17) is 10.5 Å². The highest BCUT2D eigenvalue weighted by molar-refractivity contribution is 8.00. The lowest BCUT2D eigenvalue weighted by Crippen LogP contribution is -2.31. The summed E-state index contributed by atoms with van der Waals surface area (Å²) in [5, 5.41) is 0. The fourth-order valence-electron chi connectivity index (χ4n) is 3.32. The summed E-state index contributed by atoms with van der Waals surface area (Å²) >= 11 is 1.55. The smallest absolute Gasteiger partial charge is 0.232 e. The lowest BCUT2D eigenvalue weighted by atomic mass is 9.89. The van der Waals surface area contributed by atoms with Crippen molar-refractivity contribution in [3.63, 3.8) is 0 Å². The molecule has 26 heavy (non-hydrogen) atoms. The summed E-state index contributed by atoms with van der Waals surface area (Å²) in [5.41, 5.74) is 7.24. The van der Waals surface area contributed by atoms with Crippen molar-refractivity contribution in [2.75, 3.05) is 32.5 Å². The predicted molar refractivity (Wildman–Crippen MR) is 109 cm³/mol. The zero-order valence-electron chi connectivity index (χ0n) is 14.8. The van der Waals surface area contributed by atoms with Crippen molar-refractivity contribution in [1.82, 2.24) is 4.90 Å². The average molecular weight is 393 g/mol. The molecular formula is C20H25ClN2O2S. The first-order chi connectivity index (χ1) is 12.2. The summed E-state index contributed by atoms with van der Waals surface area (Å²) in [6.07, 6.45) is 0. The van der Waals surface area contributed by atoms with E-state index in [0.717, 1.165) is 23.7 Å². The molecule has 2 aromatic carbocycles. The zero-order chi connectivity index (χ0) is 17.6. The lowest BCUT2D eigenvalue weighted by molar-refractivity contribution is -0.127. The van der Waals surface area contributed by atoms with Gasteiger partial charge < -0.3 is 15.4 Å². The molecule has 0 bridgehead atoms. The Hall–Kier alpha value is -1.69. The van der Waals surface area contributed by atoms with Crippen LogP contribution in [0.1, 0.15) is 11.5 Å². The Kier molecular flexibility index (Phi) is 7.82. The van der Waals surface area contributed by atoms with E-state index in [9.17, 15) is 4.79 Å². The van der Waals surface area contributed by atoms with Gasteiger partial charge in [0.25, 0.3) is 0 Å². The molecule has 1 heterocycles. The van der Waals surface area contributed by atoms with Crippen molar-refractivity contribution in [3.8, 4) is 5.75 Å². The van der Waals surface area contributed by atoms with Crippen LogP contribution in [-0.2, 0) is 4.79 Å². The number of carbonyl (C=O) groups is 1. The number of hydrogen-bond donors (Lipinski definition) is 1. The van der Waals surface area contributed by atoms with Crippen molar-refractivity contribution in [3.05, 3.63) is 60.2 Å². The fraction of sp³-hybridized carbons (Fsp3) is 0.350. The molecule has 1 aliphatic heterocycles. The molecule has 0 radical (unpaired) electrons. The molecule has 2 aromatic rings. The van der Waals surface area contributed by atoms with E-state index < -0.39 is 0 Å². The minimum Gasteiger partial charge on any atom is -0.497 e. The van der Waals surface area contributed by atoms with Gasteiger partial charge in [0.15, 0.2) is 0 Å². The number of thioether (sulfide) groups is 1.